The number of nitrogens with zero attached hydrogens (tertiary/aromatic N) is 4. The molecule has 0 saturated carbocycles. The lowest BCUT2D eigenvalue weighted by atomic mass is 9.82. The van der Waals surface area contributed by atoms with Crippen molar-refractivity contribution in [3.8, 4) is 11.4 Å². The van der Waals surface area contributed by atoms with Gasteiger partial charge in [-0.3, -0.25) is 4.79 Å². The smallest absolute Gasteiger partial charge is 0.244 e. The highest BCUT2D eigenvalue weighted by Gasteiger charge is 2.27. The summed E-state index contributed by atoms with van der Waals surface area (Å²) in [6.45, 7) is 10.5. The second-order valence-electron chi connectivity index (χ2n) is 7.79. The molecule has 130 valence electrons. The zero-order valence-electron chi connectivity index (χ0n) is 14.8. The van der Waals surface area contributed by atoms with Crippen molar-refractivity contribution in [2.45, 2.75) is 53.1 Å². The number of aromatic nitrogens is 4. The lowest BCUT2D eigenvalue weighted by molar-refractivity contribution is -0.124. The number of carbonyl (C=O) groups excluding carboxylic acids is 1. The number of nitrogens with one attached hydrogen (secondary N) is 1. The minimum absolute atomic E-state index is 0.0189. The van der Waals surface area contributed by atoms with Gasteiger partial charge in [0.2, 0.25) is 11.7 Å². The minimum atomic E-state index is -0.304. The molecule has 1 N–H and O–H groups in total. The van der Waals surface area contributed by atoms with Gasteiger partial charge in [-0.1, -0.05) is 44.5 Å². The Hall–Kier alpha value is -1.95. The summed E-state index contributed by atoms with van der Waals surface area (Å²) in [7, 11) is 0. The Morgan fingerprint density at radius 2 is 1.88 bits per heavy atom. The van der Waals surface area contributed by atoms with Gasteiger partial charge in [0, 0.05) is 11.1 Å². The SMILES string of the molecule is CC(C)(C)CC(C)(C)NC(=O)Cn1nnc(-c2ccccc2Cl)n1. The Morgan fingerprint density at radius 3 is 2.50 bits per heavy atom. The van der Waals surface area contributed by atoms with E-state index in [1.54, 1.807) is 6.07 Å². The number of halogens is 1. The summed E-state index contributed by atoms with van der Waals surface area (Å²) in [5.41, 5.74) is 0.514. The molecule has 1 heterocycles. The molecule has 0 saturated heterocycles. The van der Waals surface area contributed by atoms with Crippen LogP contribution in [0.2, 0.25) is 5.02 Å². The lowest BCUT2D eigenvalue weighted by Gasteiger charge is -2.33. The van der Waals surface area contributed by atoms with Crippen molar-refractivity contribution in [3.63, 3.8) is 0 Å². The summed E-state index contributed by atoms with van der Waals surface area (Å²) in [4.78, 5) is 13.5. The van der Waals surface area contributed by atoms with Crippen molar-refractivity contribution in [2.75, 3.05) is 0 Å². The molecular formula is C17H24ClN5O. The van der Waals surface area contributed by atoms with Crippen LogP contribution in [0, 0.1) is 5.41 Å². The molecule has 2 rings (SSSR count). The van der Waals surface area contributed by atoms with Crippen LogP contribution in [0.25, 0.3) is 11.4 Å². The van der Waals surface area contributed by atoms with Gasteiger partial charge in [-0.2, -0.15) is 4.80 Å². The van der Waals surface area contributed by atoms with Crippen LogP contribution in [0.5, 0.6) is 0 Å². The van der Waals surface area contributed by atoms with Crippen LogP contribution in [0.15, 0.2) is 24.3 Å². The van der Waals surface area contributed by atoms with Crippen LogP contribution in [0.4, 0.5) is 0 Å². The average molecular weight is 350 g/mol. The number of rotatable bonds is 5. The second kappa shape index (κ2) is 6.89. The molecule has 6 nitrogen and oxygen atoms in total. The topological polar surface area (TPSA) is 72.7 Å². The van der Waals surface area contributed by atoms with Crippen molar-refractivity contribution in [1.82, 2.24) is 25.5 Å². The molecule has 0 fully saturated rings. The Morgan fingerprint density at radius 1 is 1.21 bits per heavy atom. The number of carbonyl (C=O) groups is 1. The Kier molecular flexibility index (Phi) is 5.28. The first-order valence-electron chi connectivity index (χ1n) is 7.89. The number of hydrogen-bond acceptors (Lipinski definition) is 4. The van der Waals surface area contributed by atoms with Crippen LogP contribution in [0.1, 0.15) is 41.0 Å². The molecule has 0 aliphatic rings. The van der Waals surface area contributed by atoms with Gasteiger partial charge in [-0.05, 0) is 43.0 Å². The summed E-state index contributed by atoms with van der Waals surface area (Å²) in [5.74, 6) is 0.259. The highest BCUT2D eigenvalue weighted by Crippen LogP contribution is 2.27. The van der Waals surface area contributed by atoms with E-state index in [1.807, 2.05) is 32.0 Å². The molecule has 0 aliphatic carbocycles. The quantitative estimate of drug-likeness (QED) is 0.898. The number of amides is 1. The third-order valence-corrected chi connectivity index (χ3v) is 3.63. The summed E-state index contributed by atoms with van der Waals surface area (Å²) >= 11 is 6.13. The highest BCUT2D eigenvalue weighted by atomic mass is 35.5. The van der Waals surface area contributed by atoms with E-state index in [4.69, 9.17) is 11.6 Å². The van der Waals surface area contributed by atoms with E-state index in [0.29, 0.717) is 16.4 Å². The fourth-order valence-corrected chi connectivity index (χ4v) is 3.20. The van der Waals surface area contributed by atoms with Crippen molar-refractivity contribution < 1.29 is 4.79 Å². The van der Waals surface area contributed by atoms with Crippen molar-refractivity contribution in [1.29, 1.82) is 0 Å². The maximum atomic E-state index is 12.3. The second-order valence-corrected chi connectivity index (χ2v) is 8.20. The zero-order chi connectivity index (χ0) is 18.0. The first kappa shape index (κ1) is 18.4. The molecule has 1 aromatic heterocycles. The molecule has 7 heteroatoms. The van der Waals surface area contributed by atoms with Crippen LogP contribution < -0.4 is 5.32 Å². The first-order valence-corrected chi connectivity index (χ1v) is 8.27. The van der Waals surface area contributed by atoms with E-state index in [0.717, 1.165) is 6.42 Å². The van der Waals surface area contributed by atoms with E-state index >= 15 is 0 Å². The van der Waals surface area contributed by atoms with E-state index in [9.17, 15) is 4.79 Å². The fourth-order valence-electron chi connectivity index (χ4n) is 2.98. The predicted octanol–water partition coefficient (Wildman–Crippen LogP) is 3.32. The predicted molar refractivity (Wildman–Crippen MR) is 94.6 cm³/mol. The third-order valence-electron chi connectivity index (χ3n) is 3.30. The molecule has 1 amide bonds. The maximum absolute atomic E-state index is 12.3. The van der Waals surface area contributed by atoms with E-state index in [2.05, 4.69) is 41.5 Å². The molecule has 0 radical (unpaired) electrons. The summed E-state index contributed by atoms with van der Waals surface area (Å²) < 4.78 is 0. The molecule has 24 heavy (non-hydrogen) atoms. The average Bonchev–Trinajstić information content (AvgIpc) is 2.83. The molecular weight excluding hydrogens is 326 g/mol. The normalized spacial score (nSPS) is 12.2. The van der Waals surface area contributed by atoms with Gasteiger partial charge in [0.1, 0.15) is 6.54 Å². The van der Waals surface area contributed by atoms with E-state index < -0.39 is 0 Å². The Labute approximate surface area is 147 Å². The fraction of sp³-hybridized carbons (Fsp3) is 0.529. The highest BCUT2D eigenvalue weighted by molar-refractivity contribution is 6.33. The Bertz CT molecular complexity index is 718. The first-order chi connectivity index (χ1) is 11.1. The van der Waals surface area contributed by atoms with Gasteiger partial charge >= 0.3 is 0 Å². The van der Waals surface area contributed by atoms with E-state index in [-0.39, 0.29) is 23.4 Å². The van der Waals surface area contributed by atoms with E-state index in [1.165, 1.54) is 4.80 Å². The molecule has 2 aromatic rings. The van der Waals surface area contributed by atoms with Gasteiger partial charge < -0.3 is 5.32 Å². The van der Waals surface area contributed by atoms with Crippen molar-refractivity contribution >= 4 is 17.5 Å². The molecule has 0 bridgehead atoms. The van der Waals surface area contributed by atoms with Crippen LogP contribution in [-0.4, -0.2) is 31.7 Å². The number of hydrogen-bond donors (Lipinski definition) is 1. The molecule has 1 aromatic carbocycles. The zero-order valence-corrected chi connectivity index (χ0v) is 15.6. The summed E-state index contributed by atoms with van der Waals surface area (Å²) in [6.07, 6.45) is 0.862. The van der Waals surface area contributed by atoms with Gasteiger partial charge in [-0.25, -0.2) is 0 Å². The van der Waals surface area contributed by atoms with Crippen LogP contribution in [-0.2, 0) is 11.3 Å². The van der Waals surface area contributed by atoms with Crippen molar-refractivity contribution in [2.24, 2.45) is 5.41 Å². The van der Waals surface area contributed by atoms with Crippen LogP contribution in [0.3, 0.4) is 0 Å². The van der Waals surface area contributed by atoms with Gasteiger partial charge in [0.15, 0.2) is 0 Å². The largest absolute Gasteiger partial charge is 0.350 e. The third kappa shape index (κ3) is 5.30. The standard InChI is InChI=1S/C17H24ClN5O/c1-16(2,3)11-17(4,5)19-14(24)10-23-21-15(20-22-23)12-8-6-7-9-13(12)18/h6-9H,10-11H2,1-5H3,(H,19,24). The van der Waals surface area contributed by atoms with Gasteiger partial charge in [0.05, 0.1) is 5.02 Å². The van der Waals surface area contributed by atoms with Gasteiger partial charge in [-0.15, -0.1) is 10.2 Å². The monoisotopic (exact) mass is 349 g/mol. The Balaban J connectivity index is 2.02. The molecule has 0 aliphatic heterocycles. The summed E-state index contributed by atoms with van der Waals surface area (Å²) in [5, 5.41) is 15.7. The molecule has 0 spiro atoms. The maximum Gasteiger partial charge on any atom is 0.244 e. The van der Waals surface area contributed by atoms with Crippen LogP contribution >= 0.6 is 11.6 Å². The lowest BCUT2D eigenvalue weighted by Crippen LogP contribution is -2.47. The number of benzene rings is 1. The molecule has 0 unspecified atom stereocenters. The van der Waals surface area contributed by atoms with Gasteiger partial charge in [0.25, 0.3) is 0 Å². The van der Waals surface area contributed by atoms with Crippen molar-refractivity contribution in [3.05, 3.63) is 29.3 Å². The summed E-state index contributed by atoms with van der Waals surface area (Å²) in [6, 6.07) is 7.26. The molecule has 0 atom stereocenters. The minimum Gasteiger partial charge on any atom is -0.350 e. The number of tetrazole rings is 1.